The fraction of sp³-hybridized carbons (Fsp3) is 0.190. The van der Waals surface area contributed by atoms with Crippen LogP contribution in [0.4, 0.5) is 10.1 Å². The van der Waals surface area contributed by atoms with Gasteiger partial charge in [-0.1, -0.05) is 43.0 Å². The number of anilines is 1. The maximum Gasteiger partial charge on any atom is 0.344 e. The Morgan fingerprint density at radius 2 is 2.07 bits per heavy atom. The Hall–Kier alpha value is -2.91. The molecule has 30 heavy (non-hydrogen) atoms. The molecule has 0 aliphatic carbocycles. The van der Waals surface area contributed by atoms with Gasteiger partial charge in [0.15, 0.2) is 21.9 Å². The van der Waals surface area contributed by atoms with Gasteiger partial charge in [0.25, 0.3) is 5.91 Å². The molecule has 6 nitrogen and oxygen atoms in total. The quantitative estimate of drug-likeness (QED) is 0.495. The number of benzene rings is 2. The van der Waals surface area contributed by atoms with Crippen molar-refractivity contribution in [3.8, 4) is 11.5 Å². The molecule has 1 heterocycles. The number of nitrogens with zero attached hydrogens (tertiary/aromatic N) is 1. The largest absolute Gasteiger partial charge is 0.493 e. The molecule has 1 fully saturated rings. The number of thiocarbonyl (C=S) groups is 1. The zero-order chi connectivity index (χ0) is 21.8. The summed E-state index contributed by atoms with van der Waals surface area (Å²) in [6.07, 6.45) is 0.939. The van der Waals surface area contributed by atoms with Gasteiger partial charge in [-0.05, 0) is 48.4 Å². The number of thioether (sulfide) groups is 1. The van der Waals surface area contributed by atoms with Gasteiger partial charge < -0.3 is 14.6 Å². The van der Waals surface area contributed by atoms with E-state index < -0.39 is 17.9 Å². The van der Waals surface area contributed by atoms with Crippen molar-refractivity contribution in [2.45, 2.75) is 19.4 Å². The van der Waals surface area contributed by atoms with Gasteiger partial charge in [0.1, 0.15) is 5.82 Å². The number of rotatable bonds is 7. The number of ether oxygens (including phenoxy) is 2. The van der Waals surface area contributed by atoms with E-state index in [0.717, 1.165) is 11.8 Å². The van der Waals surface area contributed by atoms with Crippen LogP contribution in [-0.2, 0) is 9.59 Å². The van der Waals surface area contributed by atoms with Gasteiger partial charge in [-0.25, -0.2) is 9.18 Å². The van der Waals surface area contributed by atoms with E-state index in [9.17, 15) is 19.1 Å². The zero-order valence-corrected chi connectivity index (χ0v) is 17.8. The summed E-state index contributed by atoms with van der Waals surface area (Å²) in [5.74, 6) is -1.26. The molecule has 1 amide bonds. The second-order valence-corrected chi connectivity index (χ2v) is 7.94. The molecule has 0 radical (unpaired) electrons. The molecule has 1 aliphatic heterocycles. The predicted molar refractivity (Wildman–Crippen MR) is 117 cm³/mol. The lowest BCUT2D eigenvalue weighted by atomic mass is 10.1. The summed E-state index contributed by atoms with van der Waals surface area (Å²) in [6, 6.07) is 10.6. The number of aliphatic carboxylic acids is 1. The van der Waals surface area contributed by atoms with Crippen LogP contribution in [-0.4, -0.2) is 34.5 Å². The number of hydrogen-bond acceptors (Lipinski definition) is 6. The molecule has 0 aromatic heterocycles. The molecule has 0 spiro atoms. The Morgan fingerprint density at radius 1 is 1.30 bits per heavy atom. The number of amides is 1. The lowest BCUT2D eigenvalue weighted by molar-refractivity contribution is -0.145. The molecule has 9 heteroatoms. The summed E-state index contributed by atoms with van der Waals surface area (Å²) in [5, 5.41) is 9.18. The average molecular weight is 448 g/mol. The molecule has 0 saturated carbocycles. The summed E-state index contributed by atoms with van der Waals surface area (Å²) in [5.41, 5.74) is 1.00. The summed E-state index contributed by atoms with van der Waals surface area (Å²) in [7, 11) is 1.44. The van der Waals surface area contributed by atoms with E-state index in [1.165, 1.54) is 30.2 Å². The number of halogens is 1. The SMILES string of the molecule is CCC(Oc1ccc(/C=C2/SC(=S)N(c3cccc(F)c3)C2=O)cc1OC)C(=O)O. The highest BCUT2D eigenvalue weighted by atomic mass is 32.2. The standard InChI is InChI=1S/C21H18FNO5S2/c1-3-15(20(25)26)28-16-8-7-12(9-17(16)27-2)10-18-19(24)23(21(29)30-18)14-6-4-5-13(22)11-14/h4-11,15H,3H2,1-2H3,(H,25,26)/b18-10+. The monoisotopic (exact) mass is 447 g/mol. The minimum absolute atomic E-state index is 0.288. The molecule has 156 valence electrons. The van der Waals surface area contributed by atoms with Crippen molar-refractivity contribution in [3.63, 3.8) is 0 Å². The van der Waals surface area contributed by atoms with Crippen LogP contribution >= 0.6 is 24.0 Å². The van der Waals surface area contributed by atoms with Crippen molar-refractivity contribution < 1.29 is 28.6 Å². The number of hydrogen-bond donors (Lipinski definition) is 1. The average Bonchev–Trinajstić information content (AvgIpc) is 2.99. The van der Waals surface area contributed by atoms with E-state index in [-0.39, 0.29) is 11.7 Å². The van der Waals surface area contributed by atoms with E-state index in [4.69, 9.17) is 21.7 Å². The number of carboxylic acid groups (broad SMARTS) is 1. The summed E-state index contributed by atoms with van der Waals surface area (Å²) in [4.78, 5) is 25.7. The number of carbonyl (C=O) groups excluding carboxylic acids is 1. The smallest absolute Gasteiger partial charge is 0.344 e. The molecule has 1 unspecified atom stereocenters. The lowest BCUT2D eigenvalue weighted by Gasteiger charge is -2.16. The number of carbonyl (C=O) groups is 2. The highest BCUT2D eigenvalue weighted by Gasteiger charge is 2.33. The Morgan fingerprint density at radius 3 is 2.70 bits per heavy atom. The van der Waals surface area contributed by atoms with Crippen molar-refractivity contribution in [2.75, 3.05) is 12.0 Å². The van der Waals surface area contributed by atoms with Crippen LogP contribution in [0.2, 0.25) is 0 Å². The van der Waals surface area contributed by atoms with Crippen LogP contribution in [0.1, 0.15) is 18.9 Å². The fourth-order valence-corrected chi connectivity index (χ4v) is 4.09. The van der Waals surface area contributed by atoms with Gasteiger partial charge in [0.05, 0.1) is 17.7 Å². The van der Waals surface area contributed by atoms with E-state index in [0.29, 0.717) is 32.6 Å². The first kappa shape index (κ1) is 21.8. The molecule has 2 aromatic rings. The molecular formula is C21H18FNO5S2. The normalized spacial score (nSPS) is 16.1. The second kappa shape index (κ2) is 9.27. The maximum absolute atomic E-state index is 13.5. The first-order valence-electron chi connectivity index (χ1n) is 8.95. The van der Waals surface area contributed by atoms with Crippen LogP contribution in [0.25, 0.3) is 6.08 Å². The Bertz CT molecular complexity index is 1040. The van der Waals surface area contributed by atoms with Gasteiger partial charge >= 0.3 is 5.97 Å². The molecule has 0 bridgehead atoms. The van der Waals surface area contributed by atoms with Crippen LogP contribution in [0.15, 0.2) is 47.4 Å². The Labute approximate surface area is 182 Å². The molecule has 3 rings (SSSR count). The predicted octanol–water partition coefficient (Wildman–Crippen LogP) is 4.48. The number of methoxy groups -OCH3 is 1. The van der Waals surface area contributed by atoms with Gasteiger partial charge in [-0.3, -0.25) is 9.69 Å². The summed E-state index contributed by atoms with van der Waals surface area (Å²) >= 11 is 6.41. The van der Waals surface area contributed by atoms with Gasteiger partial charge in [-0.15, -0.1) is 0 Å². The van der Waals surface area contributed by atoms with Gasteiger partial charge in [-0.2, -0.15) is 0 Å². The molecule has 1 saturated heterocycles. The van der Waals surface area contributed by atoms with E-state index in [1.807, 2.05) is 0 Å². The molecule has 2 aromatic carbocycles. The third-order valence-electron chi connectivity index (χ3n) is 4.26. The van der Waals surface area contributed by atoms with Crippen molar-refractivity contribution in [3.05, 3.63) is 58.8 Å². The Balaban J connectivity index is 1.87. The molecule has 1 N–H and O–H groups in total. The second-order valence-electron chi connectivity index (χ2n) is 6.26. The molecule has 1 atom stereocenters. The van der Waals surface area contributed by atoms with Crippen molar-refractivity contribution in [2.24, 2.45) is 0 Å². The third-order valence-corrected chi connectivity index (χ3v) is 5.56. The first-order valence-corrected chi connectivity index (χ1v) is 10.2. The van der Waals surface area contributed by atoms with Crippen LogP contribution in [0.5, 0.6) is 11.5 Å². The third kappa shape index (κ3) is 4.63. The molecular weight excluding hydrogens is 429 g/mol. The summed E-state index contributed by atoms with van der Waals surface area (Å²) in [6.45, 7) is 1.71. The van der Waals surface area contributed by atoms with Gasteiger partial charge in [0.2, 0.25) is 0 Å². The Kier molecular flexibility index (Phi) is 6.73. The fourth-order valence-electron chi connectivity index (χ4n) is 2.79. The van der Waals surface area contributed by atoms with Crippen molar-refractivity contribution in [1.29, 1.82) is 0 Å². The van der Waals surface area contributed by atoms with E-state index in [1.54, 1.807) is 37.3 Å². The van der Waals surface area contributed by atoms with Crippen LogP contribution in [0, 0.1) is 5.82 Å². The van der Waals surface area contributed by atoms with Crippen molar-refractivity contribution >= 4 is 51.9 Å². The zero-order valence-electron chi connectivity index (χ0n) is 16.1. The van der Waals surface area contributed by atoms with Crippen molar-refractivity contribution in [1.82, 2.24) is 0 Å². The highest BCUT2D eigenvalue weighted by Crippen LogP contribution is 2.37. The first-order chi connectivity index (χ1) is 14.3. The minimum Gasteiger partial charge on any atom is -0.493 e. The topological polar surface area (TPSA) is 76.1 Å². The highest BCUT2D eigenvalue weighted by molar-refractivity contribution is 8.27. The minimum atomic E-state index is -1.07. The van der Waals surface area contributed by atoms with E-state index in [2.05, 4.69) is 0 Å². The maximum atomic E-state index is 13.5. The van der Waals surface area contributed by atoms with Crippen LogP contribution < -0.4 is 14.4 Å². The van der Waals surface area contributed by atoms with E-state index >= 15 is 0 Å². The lowest BCUT2D eigenvalue weighted by Crippen LogP contribution is -2.27. The van der Waals surface area contributed by atoms with Gasteiger partial charge in [0, 0.05) is 0 Å². The molecule has 1 aliphatic rings. The number of carboxylic acids is 1. The summed E-state index contributed by atoms with van der Waals surface area (Å²) < 4.78 is 24.7. The van der Waals surface area contributed by atoms with Crippen LogP contribution in [0.3, 0.4) is 0 Å².